The van der Waals surface area contributed by atoms with E-state index in [4.69, 9.17) is 5.26 Å². The zero-order chi connectivity index (χ0) is 12.6. The smallest absolute Gasteiger partial charge is 0.147 e. The molecule has 0 amide bonds. The highest BCUT2D eigenvalue weighted by Crippen LogP contribution is 2.34. The van der Waals surface area contributed by atoms with Crippen LogP contribution in [0.2, 0.25) is 0 Å². The van der Waals surface area contributed by atoms with Crippen LogP contribution in [-0.4, -0.2) is 14.7 Å². The molecule has 0 bridgehead atoms. The van der Waals surface area contributed by atoms with E-state index in [1.54, 1.807) is 30.2 Å². The SMILES string of the molecule is Cc1c(O)c(-c2cncn2C)cc(C#N)c1F. The Hall–Kier alpha value is -2.35. The van der Waals surface area contributed by atoms with Gasteiger partial charge in [-0.2, -0.15) is 5.26 Å². The van der Waals surface area contributed by atoms with Crippen molar-refractivity contribution in [2.24, 2.45) is 7.05 Å². The molecule has 17 heavy (non-hydrogen) atoms. The lowest BCUT2D eigenvalue weighted by molar-refractivity contribution is 0.464. The topological polar surface area (TPSA) is 61.8 Å². The molecule has 0 aliphatic rings. The Morgan fingerprint density at radius 2 is 2.24 bits per heavy atom. The Morgan fingerprint density at radius 1 is 1.53 bits per heavy atom. The van der Waals surface area contributed by atoms with Crippen LogP contribution in [0.5, 0.6) is 5.75 Å². The van der Waals surface area contributed by atoms with Crippen LogP contribution in [0.25, 0.3) is 11.3 Å². The average Bonchev–Trinajstić information content (AvgIpc) is 2.73. The van der Waals surface area contributed by atoms with Gasteiger partial charge in [0.2, 0.25) is 0 Å². The van der Waals surface area contributed by atoms with Gasteiger partial charge in [-0.05, 0) is 13.0 Å². The van der Waals surface area contributed by atoms with Crippen LogP contribution in [0.15, 0.2) is 18.6 Å². The van der Waals surface area contributed by atoms with Crippen molar-refractivity contribution in [2.75, 3.05) is 0 Å². The molecule has 0 aliphatic carbocycles. The zero-order valence-corrected chi connectivity index (χ0v) is 9.40. The Labute approximate surface area is 97.6 Å². The summed E-state index contributed by atoms with van der Waals surface area (Å²) in [6, 6.07) is 3.10. The number of benzene rings is 1. The van der Waals surface area contributed by atoms with Crippen LogP contribution in [0.3, 0.4) is 0 Å². The fraction of sp³-hybridized carbons (Fsp3) is 0.167. The highest BCUT2D eigenvalue weighted by Gasteiger charge is 2.17. The molecule has 1 aromatic heterocycles. The van der Waals surface area contributed by atoms with Gasteiger partial charge in [-0.3, -0.25) is 0 Å². The van der Waals surface area contributed by atoms with Crippen molar-refractivity contribution in [1.82, 2.24) is 9.55 Å². The average molecular weight is 231 g/mol. The first kappa shape index (κ1) is 11.1. The number of hydrogen-bond acceptors (Lipinski definition) is 3. The summed E-state index contributed by atoms with van der Waals surface area (Å²) in [5, 5.41) is 18.7. The molecule has 2 aromatic rings. The van der Waals surface area contributed by atoms with E-state index in [1.807, 2.05) is 0 Å². The van der Waals surface area contributed by atoms with E-state index >= 15 is 0 Å². The van der Waals surface area contributed by atoms with Crippen LogP contribution in [-0.2, 0) is 7.05 Å². The van der Waals surface area contributed by atoms with Gasteiger partial charge in [-0.1, -0.05) is 0 Å². The lowest BCUT2D eigenvalue weighted by atomic mass is 10.0. The van der Waals surface area contributed by atoms with Crippen molar-refractivity contribution in [1.29, 1.82) is 5.26 Å². The van der Waals surface area contributed by atoms with Gasteiger partial charge in [0, 0.05) is 18.2 Å². The number of imidazole rings is 1. The van der Waals surface area contributed by atoms with Crippen molar-refractivity contribution >= 4 is 0 Å². The summed E-state index contributed by atoms with van der Waals surface area (Å²) >= 11 is 0. The van der Waals surface area contributed by atoms with E-state index in [9.17, 15) is 9.50 Å². The largest absolute Gasteiger partial charge is 0.507 e. The summed E-state index contributed by atoms with van der Waals surface area (Å²) in [5.41, 5.74) is 1.01. The van der Waals surface area contributed by atoms with Gasteiger partial charge in [-0.15, -0.1) is 0 Å². The Bertz CT molecular complexity index is 625. The molecule has 0 aliphatic heterocycles. The highest BCUT2D eigenvalue weighted by atomic mass is 19.1. The van der Waals surface area contributed by atoms with Gasteiger partial charge in [0.05, 0.1) is 23.8 Å². The quantitative estimate of drug-likeness (QED) is 0.817. The second kappa shape index (κ2) is 3.91. The number of aromatic nitrogens is 2. The Morgan fingerprint density at radius 3 is 2.76 bits per heavy atom. The molecule has 4 nitrogen and oxygen atoms in total. The number of phenols is 1. The number of rotatable bonds is 1. The monoisotopic (exact) mass is 231 g/mol. The zero-order valence-electron chi connectivity index (χ0n) is 9.40. The first-order chi connectivity index (χ1) is 8.06. The number of hydrogen-bond donors (Lipinski definition) is 1. The normalized spacial score (nSPS) is 10.2. The molecule has 0 saturated heterocycles. The van der Waals surface area contributed by atoms with Crippen LogP contribution in [0.4, 0.5) is 4.39 Å². The van der Waals surface area contributed by atoms with Crippen molar-refractivity contribution < 1.29 is 9.50 Å². The summed E-state index contributed by atoms with van der Waals surface area (Å²) in [7, 11) is 1.76. The molecule has 86 valence electrons. The third-order valence-electron chi connectivity index (χ3n) is 2.68. The van der Waals surface area contributed by atoms with Gasteiger partial charge in [0.1, 0.15) is 17.6 Å². The maximum atomic E-state index is 13.6. The molecule has 0 radical (unpaired) electrons. The fourth-order valence-electron chi connectivity index (χ4n) is 1.68. The molecule has 0 fully saturated rings. The van der Waals surface area contributed by atoms with E-state index in [2.05, 4.69) is 4.98 Å². The van der Waals surface area contributed by atoms with Crippen LogP contribution in [0, 0.1) is 24.1 Å². The number of halogens is 1. The summed E-state index contributed by atoms with van der Waals surface area (Å²) in [6.07, 6.45) is 3.12. The van der Waals surface area contributed by atoms with E-state index in [1.165, 1.54) is 13.0 Å². The van der Waals surface area contributed by atoms with Crippen LogP contribution in [0.1, 0.15) is 11.1 Å². The first-order valence-corrected chi connectivity index (χ1v) is 4.95. The van der Waals surface area contributed by atoms with Gasteiger partial charge >= 0.3 is 0 Å². The van der Waals surface area contributed by atoms with Crippen LogP contribution >= 0.6 is 0 Å². The van der Waals surface area contributed by atoms with Gasteiger partial charge < -0.3 is 9.67 Å². The summed E-state index contributed by atoms with van der Waals surface area (Å²) < 4.78 is 15.3. The second-order valence-corrected chi connectivity index (χ2v) is 3.76. The third-order valence-corrected chi connectivity index (χ3v) is 2.68. The molecular weight excluding hydrogens is 221 g/mol. The van der Waals surface area contributed by atoms with E-state index in [0.717, 1.165) is 0 Å². The van der Waals surface area contributed by atoms with Gasteiger partial charge in [0.15, 0.2) is 0 Å². The minimum absolute atomic E-state index is 0.0697. The first-order valence-electron chi connectivity index (χ1n) is 4.95. The molecule has 0 spiro atoms. The minimum Gasteiger partial charge on any atom is -0.507 e. The lowest BCUT2D eigenvalue weighted by Gasteiger charge is -2.09. The van der Waals surface area contributed by atoms with Crippen molar-refractivity contribution in [3.8, 4) is 23.1 Å². The van der Waals surface area contributed by atoms with Crippen molar-refractivity contribution in [3.63, 3.8) is 0 Å². The number of nitrogens with zero attached hydrogens (tertiary/aromatic N) is 3. The van der Waals surface area contributed by atoms with Gasteiger partial charge in [-0.25, -0.2) is 9.37 Å². The number of aromatic hydroxyl groups is 1. The molecule has 1 heterocycles. The predicted octanol–water partition coefficient (Wildman–Crippen LogP) is 2.11. The predicted molar refractivity (Wildman–Crippen MR) is 59.7 cm³/mol. The van der Waals surface area contributed by atoms with Crippen molar-refractivity contribution in [3.05, 3.63) is 35.5 Å². The second-order valence-electron chi connectivity index (χ2n) is 3.76. The Balaban J connectivity index is 2.77. The molecular formula is C12H10FN3O. The third kappa shape index (κ3) is 1.64. The number of phenolic OH excluding ortho intramolecular Hbond substituents is 1. The fourth-order valence-corrected chi connectivity index (χ4v) is 1.68. The summed E-state index contributed by atoms with van der Waals surface area (Å²) in [5.74, 6) is -0.846. The Kier molecular flexibility index (Phi) is 2.56. The molecule has 0 saturated carbocycles. The van der Waals surface area contributed by atoms with Crippen molar-refractivity contribution in [2.45, 2.75) is 6.92 Å². The number of aryl methyl sites for hydroxylation is 1. The van der Waals surface area contributed by atoms with Crippen LogP contribution < -0.4 is 0 Å². The molecule has 1 N–H and O–H groups in total. The molecule has 1 aromatic carbocycles. The highest BCUT2D eigenvalue weighted by molar-refractivity contribution is 5.71. The van der Waals surface area contributed by atoms with E-state index in [0.29, 0.717) is 11.3 Å². The minimum atomic E-state index is -0.684. The maximum Gasteiger partial charge on any atom is 0.147 e. The molecule has 0 atom stereocenters. The summed E-state index contributed by atoms with van der Waals surface area (Å²) in [6.45, 7) is 1.44. The number of nitriles is 1. The summed E-state index contributed by atoms with van der Waals surface area (Å²) in [4.78, 5) is 3.92. The van der Waals surface area contributed by atoms with E-state index in [-0.39, 0.29) is 16.9 Å². The molecule has 0 unspecified atom stereocenters. The van der Waals surface area contributed by atoms with E-state index < -0.39 is 5.82 Å². The molecule has 2 rings (SSSR count). The van der Waals surface area contributed by atoms with Gasteiger partial charge in [0.25, 0.3) is 0 Å². The lowest BCUT2D eigenvalue weighted by Crippen LogP contribution is -1.96. The molecule has 5 heteroatoms. The maximum absolute atomic E-state index is 13.6. The standard InChI is InChI=1S/C12H10FN3O/c1-7-11(13)8(4-14)3-9(12(7)17)10-5-15-6-16(10)2/h3,5-6,17H,1-2H3.